The molecule has 4 rings (SSSR count). The van der Waals surface area contributed by atoms with Gasteiger partial charge in [0.1, 0.15) is 18.1 Å². The minimum absolute atomic E-state index is 0.103. The predicted octanol–water partition coefficient (Wildman–Crippen LogP) is 1.35. The van der Waals surface area contributed by atoms with Crippen molar-refractivity contribution in [1.29, 1.82) is 0 Å². The van der Waals surface area contributed by atoms with Crippen LogP contribution in [0.2, 0.25) is 0 Å². The van der Waals surface area contributed by atoms with Gasteiger partial charge in [-0.05, 0) is 29.8 Å². The van der Waals surface area contributed by atoms with Gasteiger partial charge in [0, 0.05) is 57.6 Å². The van der Waals surface area contributed by atoms with Gasteiger partial charge in [0.25, 0.3) is 0 Å². The van der Waals surface area contributed by atoms with Crippen molar-refractivity contribution in [3.05, 3.63) is 59.9 Å². The number of carbonyl (C=O) groups is 3. The van der Waals surface area contributed by atoms with E-state index in [0.29, 0.717) is 39.3 Å². The zero-order valence-corrected chi connectivity index (χ0v) is 18.6. The van der Waals surface area contributed by atoms with E-state index in [2.05, 4.69) is 4.90 Å². The Morgan fingerprint density at radius 3 is 2.27 bits per heavy atom. The summed E-state index contributed by atoms with van der Waals surface area (Å²) >= 11 is 0. The van der Waals surface area contributed by atoms with Gasteiger partial charge in [-0.1, -0.05) is 18.2 Å². The summed E-state index contributed by atoms with van der Waals surface area (Å²) < 4.78 is 18.4. The molecule has 0 aromatic heterocycles. The number of amides is 3. The molecule has 0 spiro atoms. The molecule has 2 heterocycles. The number of hydrogen-bond acceptors (Lipinski definition) is 5. The third-order valence-corrected chi connectivity index (χ3v) is 6.06. The average Bonchev–Trinajstić information content (AvgIpc) is 2.85. The van der Waals surface area contributed by atoms with Crippen LogP contribution >= 0.6 is 0 Å². The van der Waals surface area contributed by atoms with Crippen molar-refractivity contribution in [2.45, 2.75) is 6.54 Å². The average molecular weight is 455 g/mol. The van der Waals surface area contributed by atoms with Crippen molar-refractivity contribution in [3.63, 3.8) is 0 Å². The molecule has 2 aromatic rings. The van der Waals surface area contributed by atoms with Crippen LogP contribution < -0.4 is 9.64 Å². The van der Waals surface area contributed by atoms with Gasteiger partial charge in [-0.15, -0.1) is 0 Å². The maximum Gasteiger partial charge on any atom is 0.312 e. The maximum atomic E-state index is 13.1. The molecule has 2 aromatic carbocycles. The first-order chi connectivity index (χ1) is 15.9. The van der Waals surface area contributed by atoms with E-state index in [9.17, 15) is 18.8 Å². The van der Waals surface area contributed by atoms with Crippen LogP contribution in [0, 0.1) is 5.82 Å². The molecule has 0 saturated carbocycles. The van der Waals surface area contributed by atoms with Crippen LogP contribution in [0.15, 0.2) is 48.5 Å². The number of hydrogen-bond donors (Lipinski definition) is 0. The molecule has 3 amide bonds. The van der Waals surface area contributed by atoms with Crippen LogP contribution in [0.4, 0.5) is 10.1 Å². The van der Waals surface area contributed by atoms with E-state index in [1.165, 1.54) is 21.9 Å². The predicted molar refractivity (Wildman–Crippen MR) is 120 cm³/mol. The zero-order valence-electron chi connectivity index (χ0n) is 18.6. The standard InChI is InChI=1S/C24H27FN4O4/c1-33-21-4-2-3-20(15-21)26-9-11-27(12-10-26)22(30)17-29-14-13-28(23(31)24(29)32)16-18-5-7-19(25)8-6-18/h2-8,15H,9-14,16-17H2,1H3. The Labute approximate surface area is 192 Å². The summed E-state index contributed by atoms with van der Waals surface area (Å²) in [4.78, 5) is 44.6. The fourth-order valence-electron chi connectivity index (χ4n) is 4.11. The van der Waals surface area contributed by atoms with Gasteiger partial charge >= 0.3 is 11.8 Å². The number of carbonyl (C=O) groups excluding carboxylic acids is 3. The van der Waals surface area contributed by atoms with Crippen LogP contribution in [0.25, 0.3) is 0 Å². The number of halogens is 1. The summed E-state index contributed by atoms with van der Waals surface area (Å²) in [5, 5.41) is 0. The molecule has 8 nitrogen and oxygen atoms in total. The van der Waals surface area contributed by atoms with Crippen molar-refractivity contribution < 1.29 is 23.5 Å². The molecule has 0 aliphatic carbocycles. The second-order valence-electron chi connectivity index (χ2n) is 8.15. The Morgan fingerprint density at radius 1 is 0.909 bits per heavy atom. The van der Waals surface area contributed by atoms with Gasteiger partial charge in [-0.3, -0.25) is 14.4 Å². The topological polar surface area (TPSA) is 73.4 Å². The van der Waals surface area contributed by atoms with Crippen LogP contribution in [-0.4, -0.2) is 85.3 Å². The van der Waals surface area contributed by atoms with Crippen molar-refractivity contribution in [3.8, 4) is 5.75 Å². The van der Waals surface area contributed by atoms with E-state index in [0.717, 1.165) is 17.0 Å². The van der Waals surface area contributed by atoms with E-state index < -0.39 is 11.8 Å². The van der Waals surface area contributed by atoms with Crippen LogP contribution in [0.5, 0.6) is 5.75 Å². The minimum Gasteiger partial charge on any atom is -0.497 e. The summed E-state index contributed by atoms with van der Waals surface area (Å²) in [6.07, 6.45) is 0. The smallest absolute Gasteiger partial charge is 0.312 e. The lowest BCUT2D eigenvalue weighted by atomic mass is 10.2. The van der Waals surface area contributed by atoms with E-state index in [1.54, 1.807) is 24.1 Å². The molecule has 2 fully saturated rings. The molecule has 2 aliphatic heterocycles. The first-order valence-corrected chi connectivity index (χ1v) is 10.9. The Balaban J connectivity index is 1.28. The quantitative estimate of drug-likeness (QED) is 0.617. The Morgan fingerprint density at radius 2 is 1.58 bits per heavy atom. The molecule has 0 unspecified atom stereocenters. The molecule has 2 saturated heterocycles. The maximum absolute atomic E-state index is 13.1. The second-order valence-corrected chi connectivity index (χ2v) is 8.15. The highest BCUT2D eigenvalue weighted by Gasteiger charge is 2.34. The van der Waals surface area contributed by atoms with Gasteiger partial charge < -0.3 is 24.3 Å². The molecule has 0 atom stereocenters. The monoisotopic (exact) mass is 454 g/mol. The lowest BCUT2D eigenvalue weighted by molar-refractivity contribution is -0.158. The van der Waals surface area contributed by atoms with Crippen molar-refractivity contribution >= 4 is 23.4 Å². The SMILES string of the molecule is COc1cccc(N2CCN(C(=O)CN3CCN(Cc4ccc(F)cc4)C(=O)C3=O)CC2)c1. The largest absolute Gasteiger partial charge is 0.497 e. The normalized spacial score (nSPS) is 16.9. The molecule has 174 valence electrons. The van der Waals surface area contributed by atoms with Gasteiger partial charge in [0.2, 0.25) is 5.91 Å². The Hall–Kier alpha value is -3.62. The summed E-state index contributed by atoms with van der Waals surface area (Å²) in [5.74, 6) is -1.04. The molecule has 0 bridgehead atoms. The fourth-order valence-corrected chi connectivity index (χ4v) is 4.11. The van der Waals surface area contributed by atoms with E-state index in [1.807, 2.05) is 24.3 Å². The number of ether oxygens (including phenoxy) is 1. The first-order valence-electron chi connectivity index (χ1n) is 10.9. The van der Waals surface area contributed by atoms with Gasteiger partial charge in [-0.2, -0.15) is 0 Å². The molecular formula is C24H27FN4O4. The second kappa shape index (κ2) is 9.89. The number of nitrogens with zero attached hydrogens (tertiary/aromatic N) is 4. The molecular weight excluding hydrogens is 427 g/mol. The van der Waals surface area contributed by atoms with Gasteiger partial charge in [-0.25, -0.2) is 4.39 Å². The summed E-state index contributed by atoms with van der Waals surface area (Å²) in [5.41, 5.74) is 1.79. The van der Waals surface area contributed by atoms with Crippen molar-refractivity contribution in [2.75, 3.05) is 57.8 Å². The lowest BCUT2D eigenvalue weighted by Crippen LogP contribution is -2.57. The molecule has 0 N–H and O–H groups in total. The molecule has 0 radical (unpaired) electrons. The number of rotatable bonds is 6. The number of piperazine rings is 2. The van der Waals surface area contributed by atoms with Crippen LogP contribution in [0.3, 0.4) is 0 Å². The molecule has 2 aliphatic rings. The van der Waals surface area contributed by atoms with Crippen LogP contribution in [-0.2, 0) is 20.9 Å². The summed E-state index contributed by atoms with van der Waals surface area (Å²) in [6, 6.07) is 13.6. The highest BCUT2D eigenvalue weighted by molar-refractivity contribution is 6.35. The fraction of sp³-hybridized carbons (Fsp3) is 0.375. The van der Waals surface area contributed by atoms with Gasteiger partial charge in [0.15, 0.2) is 0 Å². The number of methoxy groups -OCH3 is 1. The Kier molecular flexibility index (Phi) is 6.76. The third-order valence-electron chi connectivity index (χ3n) is 6.06. The molecule has 33 heavy (non-hydrogen) atoms. The number of benzene rings is 2. The zero-order chi connectivity index (χ0) is 23.4. The summed E-state index contributed by atoms with van der Waals surface area (Å²) in [7, 11) is 1.63. The Bertz CT molecular complexity index is 1020. The first kappa shape index (κ1) is 22.6. The third kappa shape index (κ3) is 5.24. The van der Waals surface area contributed by atoms with E-state index >= 15 is 0 Å². The lowest BCUT2D eigenvalue weighted by Gasteiger charge is -2.38. The van der Waals surface area contributed by atoms with Gasteiger partial charge in [0.05, 0.1) is 7.11 Å². The number of anilines is 1. The van der Waals surface area contributed by atoms with Crippen LogP contribution in [0.1, 0.15) is 5.56 Å². The highest BCUT2D eigenvalue weighted by Crippen LogP contribution is 2.22. The van der Waals surface area contributed by atoms with E-state index in [-0.39, 0.29) is 24.8 Å². The van der Waals surface area contributed by atoms with E-state index in [4.69, 9.17) is 4.74 Å². The van der Waals surface area contributed by atoms with Crippen molar-refractivity contribution in [2.24, 2.45) is 0 Å². The highest BCUT2D eigenvalue weighted by atomic mass is 19.1. The minimum atomic E-state index is -0.674. The van der Waals surface area contributed by atoms with Crippen molar-refractivity contribution in [1.82, 2.24) is 14.7 Å². The summed E-state index contributed by atoms with van der Waals surface area (Å²) in [6.45, 7) is 3.20. The molecule has 9 heteroatoms.